The smallest absolute Gasteiger partial charge is 0.422 e. The number of benzene rings is 2. The van der Waals surface area contributed by atoms with E-state index >= 15 is 0 Å². The molecule has 3 N–H and O–H groups in total. The molecule has 0 saturated carbocycles. The van der Waals surface area contributed by atoms with Crippen LogP contribution in [0.25, 0.3) is 10.9 Å². The first-order valence-corrected chi connectivity index (χ1v) is 9.59. The molecule has 0 radical (unpaired) electrons. The lowest BCUT2D eigenvalue weighted by molar-refractivity contribution is -0.153. The van der Waals surface area contributed by atoms with Crippen molar-refractivity contribution in [3.63, 3.8) is 0 Å². The van der Waals surface area contributed by atoms with E-state index in [1.54, 1.807) is 12.1 Å². The highest BCUT2D eigenvalue weighted by atomic mass is 19.4. The van der Waals surface area contributed by atoms with Crippen LogP contribution < -0.4 is 15.4 Å². The summed E-state index contributed by atoms with van der Waals surface area (Å²) in [4.78, 5) is 27.5. The lowest BCUT2D eigenvalue weighted by atomic mass is 10.0. The molecule has 0 bridgehead atoms. The first kappa shape index (κ1) is 22.2. The first-order chi connectivity index (χ1) is 14.7. The maximum Gasteiger partial charge on any atom is 0.422 e. The number of H-pyrrole nitrogens is 1. The van der Waals surface area contributed by atoms with Crippen molar-refractivity contribution in [1.82, 2.24) is 15.6 Å². The van der Waals surface area contributed by atoms with Crippen LogP contribution in [0.2, 0.25) is 0 Å². The van der Waals surface area contributed by atoms with Gasteiger partial charge in [0.25, 0.3) is 0 Å². The van der Waals surface area contributed by atoms with Crippen molar-refractivity contribution in [3.8, 4) is 5.75 Å². The molecule has 9 heteroatoms. The van der Waals surface area contributed by atoms with E-state index in [0.717, 1.165) is 16.5 Å². The third-order valence-corrected chi connectivity index (χ3v) is 4.59. The summed E-state index contributed by atoms with van der Waals surface area (Å²) in [6, 6.07) is 12.8. The highest BCUT2D eigenvalue weighted by Crippen LogP contribution is 2.20. The Labute approximate surface area is 176 Å². The van der Waals surface area contributed by atoms with Crippen molar-refractivity contribution in [2.75, 3.05) is 6.61 Å². The molecule has 6 nitrogen and oxygen atoms in total. The van der Waals surface area contributed by atoms with Crippen molar-refractivity contribution < 1.29 is 27.5 Å². The number of aromatic amines is 1. The van der Waals surface area contributed by atoms with Crippen molar-refractivity contribution in [3.05, 3.63) is 65.9 Å². The fraction of sp³-hybridized carbons (Fsp3) is 0.273. The van der Waals surface area contributed by atoms with Gasteiger partial charge in [-0.3, -0.25) is 9.59 Å². The number of amides is 2. The van der Waals surface area contributed by atoms with E-state index in [1.807, 2.05) is 30.5 Å². The zero-order chi connectivity index (χ0) is 22.4. The van der Waals surface area contributed by atoms with E-state index in [1.165, 1.54) is 19.1 Å². The SMILES string of the molecule is CC(=O)N[C@H](Cc1c[nH]c2ccccc12)C(=O)NCc1ccc(OCC(F)(F)F)cc1. The van der Waals surface area contributed by atoms with Crippen LogP contribution in [-0.2, 0) is 22.6 Å². The van der Waals surface area contributed by atoms with Crippen LogP contribution in [0.3, 0.4) is 0 Å². The highest BCUT2D eigenvalue weighted by molar-refractivity contribution is 5.89. The summed E-state index contributed by atoms with van der Waals surface area (Å²) < 4.78 is 41.3. The summed E-state index contributed by atoms with van der Waals surface area (Å²) in [7, 11) is 0. The van der Waals surface area contributed by atoms with Crippen LogP contribution in [0.1, 0.15) is 18.1 Å². The Kier molecular flexibility index (Phi) is 6.84. The van der Waals surface area contributed by atoms with Gasteiger partial charge in [-0.25, -0.2) is 0 Å². The topological polar surface area (TPSA) is 83.2 Å². The molecule has 3 aromatic rings. The van der Waals surface area contributed by atoms with Gasteiger partial charge < -0.3 is 20.4 Å². The van der Waals surface area contributed by atoms with Crippen molar-refractivity contribution in [2.45, 2.75) is 32.1 Å². The number of fused-ring (bicyclic) bond motifs is 1. The lowest BCUT2D eigenvalue weighted by Gasteiger charge is -2.17. The minimum absolute atomic E-state index is 0.0860. The molecule has 0 aliphatic rings. The van der Waals surface area contributed by atoms with Gasteiger partial charge in [0.2, 0.25) is 11.8 Å². The Bertz CT molecular complexity index is 1050. The molecule has 0 fully saturated rings. The molecular weight excluding hydrogens is 411 g/mol. The predicted octanol–water partition coefficient (Wildman–Crippen LogP) is 3.47. The van der Waals surface area contributed by atoms with Gasteiger partial charge in [0, 0.05) is 37.0 Å². The zero-order valence-electron chi connectivity index (χ0n) is 16.8. The molecule has 0 aliphatic heterocycles. The highest BCUT2D eigenvalue weighted by Gasteiger charge is 2.28. The van der Waals surface area contributed by atoms with E-state index in [-0.39, 0.29) is 24.1 Å². The molecule has 0 saturated heterocycles. The number of ether oxygens (including phenoxy) is 1. The average molecular weight is 433 g/mol. The molecule has 3 rings (SSSR count). The van der Waals surface area contributed by atoms with Gasteiger partial charge in [0.05, 0.1) is 0 Å². The second-order valence-electron chi connectivity index (χ2n) is 7.08. The fourth-order valence-corrected chi connectivity index (χ4v) is 3.16. The summed E-state index contributed by atoms with van der Waals surface area (Å²) in [5.74, 6) is -0.605. The maximum atomic E-state index is 12.7. The molecular formula is C22H22F3N3O3. The summed E-state index contributed by atoms with van der Waals surface area (Å²) in [5, 5.41) is 6.40. The van der Waals surface area contributed by atoms with Crippen molar-refractivity contribution in [1.29, 1.82) is 0 Å². The van der Waals surface area contributed by atoms with E-state index < -0.39 is 18.8 Å². The first-order valence-electron chi connectivity index (χ1n) is 9.59. The van der Waals surface area contributed by atoms with Gasteiger partial charge >= 0.3 is 6.18 Å². The third kappa shape index (κ3) is 6.50. The predicted molar refractivity (Wildman–Crippen MR) is 109 cm³/mol. The Hall–Kier alpha value is -3.49. The monoisotopic (exact) mass is 433 g/mol. The van der Waals surface area contributed by atoms with Gasteiger partial charge in [0.1, 0.15) is 11.8 Å². The Morgan fingerprint density at radius 3 is 2.48 bits per heavy atom. The minimum atomic E-state index is -4.41. The Morgan fingerprint density at radius 2 is 1.81 bits per heavy atom. The molecule has 0 unspecified atom stereocenters. The molecule has 0 spiro atoms. The Morgan fingerprint density at radius 1 is 1.10 bits per heavy atom. The van der Waals surface area contributed by atoms with E-state index in [9.17, 15) is 22.8 Å². The number of carbonyl (C=O) groups excluding carboxylic acids is 2. The number of carbonyl (C=O) groups is 2. The molecule has 2 aromatic carbocycles. The van der Waals surface area contributed by atoms with Crippen LogP contribution in [-0.4, -0.2) is 35.6 Å². The maximum absolute atomic E-state index is 12.7. The van der Waals surface area contributed by atoms with E-state index in [0.29, 0.717) is 12.0 Å². The second-order valence-corrected chi connectivity index (χ2v) is 7.08. The largest absolute Gasteiger partial charge is 0.484 e. The quantitative estimate of drug-likeness (QED) is 0.509. The van der Waals surface area contributed by atoms with Crippen LogP contribution in [0.5, 0.6) is 5.75 Å². The Balaban J connectivity index is 1.61. The van der Waals surface area contributed by atoms with Gasteiger partial charge in [-0.2, -0.15) is 13.2 Å². The molecule has 0 aliphatic carbocycles. The normalized spacial score (nSPS) is 12.4. The zero-order valence-corrected chi connectivity index (χ0v) is 16.8. The van der Waals surface area contributed by atoms with Gasteiger partial charge in [-0.1, -0.05) is 30.3 Å². The number of alkyl halides is 3. The number of aromatic nitrogens is 1. The number of hydrogen-bond acceptors (Lipinski definition) is 3. The third-order valence-electron chi connectivity index (χ3n) is 4.59. The molecule has 1 heterocycles. The number of nitrogens with one attached hydrogen (secondary N) is 3. The summed E-state index contributed by atoms with van der Waals surface area (Å²) in [6.45, 7) is 0.132. The summed E-state index contributed by atoms with van der Waals surface area (Å²) in [6.07, 6.45) is -2.29. The van der Waals surface area contributed by atoms with Crippen molar-refractivity contribution >= 4 is 22.7 Å². The van der Waals surface area contributed by atoms with Gasteiger partial charge in [0.15, 0.2) is 6.61 Å². The van der Waals surface area contributed by atoms with Crippen LogP contribution >= 0.6 is 0 Å². The number of hydrogen-bond donors (Lipinski definition) is 3. The fourth-order valence-electron chi connectivity index (χ4n) is 3.16. The van der Waals surface area contributed by atoms with Crippen LogP contribution in [0.15, 0.2) is 54.7 Å². The number of halogens is 3. The number of rotatable bonds is 8. The summed E-state index contributed by atoms with van der Waals surface area (Å²) >= 11 is 0. The van der Waals surface area contributed by atoms with Crippen molar-refractivity contribution in [2.24, 2.45) is 0 Å². The van der Waals surface area contributed by atoms with Crippen LogP contribution in [0, 0.1) is 0 Å². The summed E-state index contributed by atoms with van der Waals surface area (Å²) in [5.41, 5.74) is 2.52. The molecule has 164 valence electrons. The molecule has 1 atom stereocenters. The molecule has 2 amide bonds. The minimum Gasteiger partial charge on any atom is -0.484 e. The molecule has 31 heavy (non-hydrogen) atoms. The lowest BCUT2D eigenvalue weighted by Crippen LogP contribution is -2.47. The standard InChI is InChI=1S/C22H22F3N3O3/c1-14(29)28-20(10-16-12-26-19-5-3-2-4-18(16)19)21(30)27-11-15-6-8-17(9-7-15)31-13-22(23,24)25/h2-9,12,20,26H,10-11,13H2,1H3,(H,27,30)(H,28,29)/t20-/m1/s1. The average Bonchev–Trinajstić information content (AvgIpc) is 3.13. The van der Waals surface area contributed by atoms with E-state index in [2.05, 4.69) is 20.4 Å². The van der Waals surface area contributed by atoms with E-state index in [4.69, 9.17) is 0 Å². The molecule has 1 aromatic heterocycles. The number of para-hydroxylation sites is 1. The van der Waals surface area contributed by atoms with Crippen LogP contribution in [0.4, 0.5) is 13.2 Å². The second kappa shape index (κ2) is 9.55. The van der Waals surface area contributed by atoms with Gasteiger partial charge in [-0.15, -0.1) is 0 Å². The van der Waals surface area contributed by atoms with Gasteiger partial charge in [-0.05, 0) is 29.3 Å².